The molecule has 0 aliphatic heterocycles. The molecule has 0 radical (unpaired) electrons. The smallest absolute Gasteiger partial charge is 0.150 e. The fraction of sp³-hybridized carbons (Fsp3) is 0.111. The lowest BCUT2D eigenvalue weighted by Gasteiger charge is -2.11. The van der Waals surface area contributed by atoms with Crippen molar-refractivity contribution >= 4 is 17.2 Å². The molecule has 0 aliphatic rings. The van der Waals surface area contributed by atoms with Crippen molar-refractivity contribution in [1.29, 1.82) is 0 Å². The van der Waals surface area contributed by atoms with Crippen LogP contribution in [0.4, 0.5) is 21.6 Å². The molecule has 0 spiro atoms. The summed E-state index contributed by atoms with van der Waals surface area (Å²) in [4.78, 5) is 13.2. The van der Waals surface area contributed by atoms with Gasteiger partial charge in [-0.3, -0.25) is 10.3 Å². The second-order valence-corrected chi connectivity index (χ2v) is 5.11. The van der Waals surface area contributed by atoms with Gasteiger partial charge in [-0.1, -0.05) is 12.1 Å². The highest BCUT2D eigenvalue weighted by atomic mass is 19.1. The van der Waals surface area contributed by atoms with Crippen molar-refractivity contribution in [1.82, 2.24) is 9.97 Å². The van der Waals surface area contributed by atoms with Crippen molar-refractivity contribution in [2.24, 2.45) is 0 Å². The zero-order valence-electron chi connectivity index (χ0n) is 13.8. The number of ether oxygens (including phenoxy) is 1. The van der Waals surface area contributed by atoms with Crippen LogP contribution in [0, 0.1) is 5.82 Å². The van der Waals surface area contributed by atoms with Gasteiger partial charge < -0.3 is 10.1 Å². The van der Waals surface area contributed by atoms with E-state index in [0.29, 0.717) is 22.9 Å². The molecule has 3 aromatic rings. The predicted molar refractivity (Wildman–Crippen MR) is 94.3 cm³/mol. The maximum Gasteiger partial charge on any atom is 0.150 e. The average molecular weight is 340 g/mol. The zero-order valence-corrected chi connectivity index (χ0v) is 13.8. The second kappa shape index (κ2) is 7.59. The lowest BCUT2D eigenvalue weighted by atomic mass is 10.1. The number of methoxy groups -OCH3 is 1. The van der Waals surface area contributed by atoms with E-state index in [-0.39, 0.29) is 5.69 Å². The van der Waals surface area contributed by atoms with Crippen molar-refractivity contribution in [2.75, 3.05) is 25.0 Å². The minimum absolute atomic E-state index is 0.255. The minimum Gasteiger partial charge on any atom is -0.496 e. The maximum absolute atomic E-state index is 14.0. The summed E-state index contributed by atoms with van der Waals surface area (Å²) in [7, 11) is 3.03. The Morgan fingerprint density at radius 1 is 1.00 bits per heavy atom. The Labute approximate surface area is 144 Å². The number of nitrogens with zero attached hydrogens (tertiary/aromatic N) is 2. The summed E-state index contributed by atoms with van der Waals surface area (Å²) < 4.78 is 19.3. The van der Waals surface area contributed by atoms with Crippen LogP contribution in [0.3, 0.4) is 0 Å². The predicted octanol–water partition coefficient (Wildman–Crippen LogP) is 4.01. The largest absolute Gasteiger partial charge is 0.496 e. The molecular weight excluding hydrogens is 323 g/mol. The van der Waals surface area contributed by atoms with Crippen LogP contribution in [0.1, 0.15) is 0 Å². The molecule has 0 amide bonds. The monoisotopic (exact) mass is 340 g/mol. The van der Waals surface area contributed by atoms with Gasteiger partial charge in [0, 0.05) is 17.3 Å². The van der Waals surface area contributed by atoms with Gasteiger partial charge in [0.25, 0.3) is 0 Å². The van der Waals surface area contributed by atoms with E-state index in [1.165, 1.54) is 19.5 Å². The number of hydrogen-bond donors (Lipinski definition) is 2. The van der Waals surface area contributed by atoms with E-state index in [0.717, 1.165) is 5.56 Å². The number of aromatic nitrogens is 2. The Bertz CT molecular complexity index is 873. The van der Waals surface area contributed by atoms with Gasteiger partial charge in [0.05, 0.1) is 25.6 Å². The summed E-state index contributed by atoms with van der Waals surface area (Å²) in [5, 5.41) is 3.06. The Morgan fingerprint density at radius 2 is 1.84 bits per heavy atom. The second-order valence-electron chi connectivity index (χ2n) is 5.11. The number of benzene rings is 2. The van der Waals surface area contributed by atoms with Gasteiger partial charge in [0.15, 0.2) is 5.82 Å². The van der Waals surface area contributed by atoms with Crippen LogP contribution in [-0.4, -0.2) is 24.2 Å². The first-order chi connectivity index (χ1) is 12.2. The number of halogens is 1. The lowest BCUT2D eigenvalue weighted by Crippen LogP contribution is -2.00. The molecule has 128 valence electrons. The highest BCUT2D eigenvalue weighted by Gasteiger charge is 2.09. The van der Waals surface area contributed by atoms with Crippen LogP contribution in [0.25, 0.3) is 11.3 Å². The van der Waals surface area contributed by atoms with Crippen LogP contribution in [0.2, 0.25) is 0 Å². The van der Waals surface area contributed by atoms with E-state index in [2.05, 4.69) is 20.8 Å². The minimum atomic E-state index is -0.439. The van der Waals surface area contributed by atoms with E-state index < -0.39 is 5.82 Å². The number of hydrogen-bond acceptors (Lipinski definition) is 6. The van der Waals surface area contributed by atoms with Gasteiger partial charge in [-0.25, -0.2) is 14.4 Å². The van der Waals surface area contributed by atoms with Crippen LogP contribution >= 0.6 is 0 Å². The summed E-state index contributed by atoms with van der Waals surface area (Å²) in [5.74, 6) is 0.821. The van der Waals surface area contributed by atoms with Gasteiger partial charge in [-0.15, -0.1) is 0 Å². The summed E-state index contributed by atoms with van der Waals surface area (Å²) in [6, 6.07) is 14.0. The summed E-state index contributed by atoms with van der Waals surface area (Å²) >= 11 is 0. The van der Waals surface area contributed by atoms with Crippen molar-refractivity contribution < 1.29 is 14.0 Å². The molecular formula is C18H17FN4O2. The van der Waals surface area contributed by atoms with Gasteiger partial charge in [-0.2, -0.15) is 0 Å². The summed E-state index contributed by atoms with van der Waals surface area (Å²) in [6.07, 6.45) is 1.45. The number of anilines is 3. The Morgan fingerprint density at radius 3 is 2.60 bits per heavy atom. The molecule has 0 unspecified atom stereocenters. The van der Waals surface area contributed by atoms with E-state index in [1.807, 2.05) is 24.3 Å². The fourth-order valence-electron chi connectivity index (χ4n) is 2.36. The van der Waals surface area contributed by atoms with Gasteiger partial charge >= 0.3 is 0 Å². The highest BCUT2D eigenvalue weighted by molar-refractivity contribution is 5.70. The Balaban J connectivity index is 1.86. The molecule has 1 heterocycles. The molecule has 3 rings (SSSR count). The fourth-order valence-corrected chi connectivity index (χ4v) is 2.36. The quantitative estimate of drug-likeness (QED) is 0.661. The first-order valence-corrected chi connectivity index (χ1v) is 7.52. The molecule has 0 fully saturated rings. The molecule has 0 saturated heterocycles. The molecule has 0 atom stereocenters. The molecule has 25 heavy (non-hydrogen) atoms. The molecule has 7 heteroatoms. The normalized spacial score (nSPS) is 10.4. The highest BCUT2D eigenvalue weighted by Crippen LogP contribution is 2.29. The lowest BCUT2D eigenvalue weighted by molar-refractivity contribution is 0.269. The van der Waals surface area contributed by atoms with Crippen LogP contribution in [0.5, 0.6) is 5.75 Å². The molecule has 0 aliphatic carbocycles. The van der Waals surface area contributed by atoms with Gasteiger partial charge in [0.2, 0.25) is 0 Å². The summed E-state index contributed by atoms with van der Waals surface area (Å²) in [5.41, 5.74) is 4.83. The number of para-hydroxylation sites is 1. The van der Waals surface area contributed by atoms with Crippen LogP contribution in [0.15, 0.2) is 54.9 Å². The number of nitrogens with one attached hydrogen (secondary N) is 2. The van der Waals surface area contributed by atoms with E-state index in [4.69, 9.17) is 9.57 Å². The van der Waals surface area contributed by atoms with Crippen molar-refractivity contribution in [3.8, 4) is 17.0 Å². The van der Waals surface area contributed by atoms with Crippen LogP contribution in [-0.2, 0) is 4.84 Å². The molecule has 0 bridgehead atoms. The molecule has 6 nitrogen and oxygen atoms in total. The standard InChI is InChI=1S/C18H17FN4O2/c1-24-17-6-4-3-5-13(17)16-10-18(21-11-20-16)22-12-7-8-15(23-25-2)14(19)9-12/h3-11,23H,1-2H3,(H,20,21,22). The van der Waals surface area contributed by atoms with Crippen molar-refractivity contribution in [3.63, 3.8) is 0 Å². The van der Waals surface area contributed by atoms with E-state index in [9.17, 15) is 4.39 Å². The molecule has 2 N–H and O–H groups in total. The topological polar surface area (TPSA) is 68.3 Å². The molecule has 1 aromatic heterocycles. The third kappa shape index (κ3) is 3.84. The molecule has 0 saturated carbocycles. The average Bonchev–Trinajstić information content (AvgIpc) is 2.64. The van der Waals surface area contributed by atoms with E-state index in [1.54, 1.807) is 25.3 Å². The van der Waals surface area contributed by atoms with Crippen molar-refractivity contribution in [3.05, 3.63) is 60.7 Å². The first kappa shape index (κ1) is 16.7. The summed E-state index contributed by atoms with van der Waals surface area (Å²) in [6.45, 7) is 0. The third-order valence-electron chi connectivity index (χ3n) is 3.50. The van der Waals surface area contributed by atoms with Gasteiger partial charge in [-0.05, 0) is 30.3 Å². The SMILES string of the molecule is CONc1ccc(Nc2cc(-c3ccccc3OC)ncn2)cc1F. The third-order valence-corrected chi connectivity index (χ3v) is 3.50. The van der Waals surface area contributed by atoms with Crippen LogP contribution < -0.4 is 15.5 Å². The maximum atomic E-state index is 14.0. The van der Waals surface area contributed by atoms with Crippen molar-refractivity contribution in [2.45, 2.75) is 0 Å². The Hall–Kier alpha value is -3.19. The van der Waals surface area contributed by atoms with E-state index >= 15 is 0 Å². The van der Waals surface area contributed by atoms with Gasteiger partial charge in [0.1, 0.15) is 17.9 Å². The zero-order chi connectivity index (χ0) is 17.6. The number of rotatable bonds is 6. The Kier molecular flexibility index (Phi) is 5.06. The molecule has 2 aromatic carbocycles. The first-order valence-electron chi connectivity index (χ1n) is 7.52.